The molecule has 1 aliphatic rings. The molecular formula is C19H33NO4Si2. The number of ketones is 1. The zero-order chi connectivity index (χ0) is 19.6. The van der Waals surface area contributed by atoms with Crippen LogP contribution in [0.2, 0.25) is 32.7 Å². The van der Waals surface area contributed by atoms with Gasteiger partial charge in [0.1, 0.15) is 5.75 Å². The van der Waals surface area contributed by atoms with Crippen molar-refractivity contribution in [3.63, 3.8) is 0 Å². The number of nitrogens with zero attached hydrogens (tertiary/aromatic N) is 1. The van der Waals surface area contributed by atoms with E-state index >= 15 is 0 Å². The van der Waals surface area contributed by atoms with Crippen LogP contribution in [0.1, 0.15) is 24.2 Å². The topological polar surface area (TPSA) is 48.0 Å². The first-order valence-electron chi connectivity index (χ1n) is 9.28. The smallest absolute Gasteiger partial charge is 0.382 e. The van der Waals surface area contributed by atoms with Crippen LogP contribution in [0, 0.1) is 0 Å². The van der Waals surface area contributed by atoms with Crippen LogP contribution in [0.25, 0.3) is 0 Å². The van der Waals surface area contributed by atoms with Crippen LogP contribution in [0.3, 0.4) is 0 Å². The Morgan fingerprint density at radius 3 is 2.08 bits per heavy atom. The molecule has 0 aromatic heterocycles. The summed E-state index contributed by atoms with van der Waals surface area (Å²) in [6.07, 6.45) is 0. The van der Waals surface area contributed by atoms with Crippen LogP contribution in [0.4, 0.5) is 0 Å². The number of hydrogen-bond acceptors (Lipinski definition) is 5. The van der Waals surface area contributed by atoms with Crippen LogP contribution < -0.4 is 4.43 Å². The third kappa shape index (κ3) is 5.75. The normalized spacial score (nSPS) is 17.2. The molecule has 1 aromatic rings. The van der Waals surface area contributed by atoms with E-state index in [2.05, 4.69) is 37.6 Å². The molecule has 1 saturated heterocycles. The number of benzene rings is 1. The lowest BCUT2D eigenvalue weighted by atomic mass is 9.91. The molecular weight excluding hydrogens is 362 g/mol. The summed E-state index contributed by atoms with van der Waals surface area (Å²) in [6.45, 7) is 17.5. The maximum Gasteiger partial charge on any atom is 0.382 e. The van der Waals surface area contributed by atoms with Crippen molar-refractivity contribution in [2.45, 2.75) is 52.1 Å². The number of carbonyl (C=O) groups excluding carboxylic acids is 1. The average molecular weight is 396 g/mol. The Labute approximate surface area is 160 Å². The van der Waals surface area contributed by atoms with Gasteiger partial charge in [-0.15, -0.1) is 0 Å². The molecule has 7 heteroatoms. The molecule has 0 aliphatic carbocycles. The number of Topliss-reactive ketones (excluding diaryl/α,β-unsaturated/α-hetero) is 1. The lowest BCUT2D eigenvalue weighted by Crippen LogP contribution is -2.54. The van der Waals surface area contributed by atoms with E-state index < -0.39 is 22.4 Å². The van der Waals surface area contributed by atoms with Crippen molar-refractivity contribution >= 4 is 22.7 Å². The van der Waals surface area contributed by atoms with E-state index in [1.54, 1.807) is 0 Å². The van der Waals surface area contributed by atoms with E-state index in [-0.39, 0.29) is 5.78 Å². The van der Waals surface area contributed by atoms with Crippen molar-refractivity contribution < 1.29 is 18.1 Å². The third-order valence-electron chi connectivity index (χ3n) is 4.39. The minimum atomic E-state index is -2.23. The van der Waals surface area contributed by atoms with Gasteiger partial charge in [0.25, 0.3) is 0 Å². The van der Waals surface area contributed by atoms with Gasteiger partial charge in [0.15, 0.2) is 14.1 Å². The molecule has 26 heavy (non-hydrogen) atoms. The van der Waals surface area contributed by atoms with Crippen molar-refractivity contribution in [3.8, 4) is 5.75 Å². The molecule has 1 aliphatic heterocycles. The van der Waals surface area contributed by atoms with Gasteiger partial charge in [-0.05, 0) is 70.8 Å². The molecule has 1 aromatic carbocycles. The summed E-state index contributed by atoms with van der Waals surface area (Å²) in [7, 11) is -3.89. The molecule has 0 atom stereocenters. The largest absolute Gasteiger partial charge is 0.521 e. The van der Waals surface area contributed by atoms with Gasteiger partial charge in [-0.2, -0.15) is 0 Å². The second-order valence-corrected chi connectivity index (χ2v) is 16.8. The standard InChI is InChI=1S/C19H33NO4Si2/c1-19(2,20-12-14-22-15-13-20)18(21)16-8-10-17(11-9-16)23-26(6,7)24-25(3,4)5/h8-11H,12-15H2,1-7H3. The Bertz CT molecular complexity index is 617. The summed E-state index contributed by atoms with van der Waals surface area (Å²) in [5, 5.41) is 0. The second kappa shape index (κ2) is 7.94. The zero-order valence-electron chi connectivity index (χ0n) is 17.2. The molecule has 5 nitrogen and oxygen atoms in total. The van der Waals surface area contributed by atoms with Crippen LogP contribution in [0.15, 0.2) is 24.3 Å². The molecule has 0 radical (unpaired) electrons. The first kappa shape index (κ1) is 21.3. The van der Waals surface area contributed by atoms with Crippen molar-refractivity contribution in [2.75, 3.05) is 26.3 Å². The monoisotopic (exact) mass is 395 g/mol. The van der Waals surface area contributed by atoms with E-state index in [0.29, 0.717) is 18.8 Å². The summed E-state index contributed by atoms with van der Waals surface area (Å²) in [5.41, 5.74) is 0.167. The third-order valence-corrected chi connectivity index (χ3v) is 9.53. The Balaban J connectivity index is 2.07. The first-order chi connectivity index (χ1) is 11.9. The van der Waals surface area contributed by atoms with E-state index in [0.717, 1.165) is 18.8 Å². The van der Waals surface area contributed by atoms with E-state index in [4.69, 9.17) is 13.3 Å². The fraction of sp³-hybridized carbons (Fsp3) is 0.632. The summed E-state index contributed by atoms with van der Waals surface area (Å²) >= 11 is 0. The van der Waals surface area contributed by atoms with Crippen LogP contribution in [-0.2, 0) is 8.85 Å². The van der Waals surface area contributed by atoms with Gasteiger partial charge in [0.05, 0.1) is 18.8 Å². The molecule has 0 saturated carbocycles. The van der Waals surface area contributed by atoms with Gasteiger partial charge in [-0.3, -0.25) is 9.69 Å². The van der Waals surface area contributed by atoms with Gasteiger partial charge in [-0.1, -0.05) is 0 Å². The average Bonchev–Trinajstić information content (AvgIpc) is 2.53. The summed E-state index contributed by atoms with van der Waals surface area (Å²) in [6, 6.07) is 7.48. The predicted octanol–water partition coefficient (Wildman–Crippen LogP) is 3.91. The fourth-order valence-electron chi connectivity index (χ4n) is 3.34. The van der Waals surface area contributed by atoms with Gasteiger partial charge in [0, 0.05) is 18.7 Å². The SMILES string of the molecule is CC(C)(C(=O)c1ccc(O[Si](C)(C)O[Si](C)(C)C)cc1)N1CCOCC1. The zero-order valence-corrected chi connectivity index (χ0v) is 19.2. The molecule has 2 rings (SSSR count). The van der Waals surface area contributed by atoms with Crippen LogP contribution in [0.5, 0.6) is 5.75 Å². The minimum absolute atomic E-state index is 0.126. The summed E-state index contributed by atoms with van der Waals surface area (Å²) in [5.74, 6) is 0.890. The van der Waals surface area contributed by atoms with Crippen molar-refractivity contribution in [3.05, 3.63) is 29.8 Å². The minimum Gasteiger partial charge on any atom is -0.521 e. The number of ether oxygens (including phenoxy) is 1. The van der Waals surface area contributed by atoms with Gasteiger partial charge in [-0.25, -0.2) is 0 Å². The fourth-order valence-corrected chi connectivity index (χ4v) is 10.1. The van der Waals surface area contributed by atoms with E-state index in [9.17, 15) is 4.79 Å². The highest BCUT2D eigenvalue weighted by atomic mass is 28.4. The lowest BCUT2D eigenvalue weighted by molar-refractivity contribution is -0.00429. The molecule has 0 unspecified atom stereocenters. The van der Waals surface area contributed by atoms with Crippen molar-refractivity contribution in [1.29, 1.82) is 0 Å². The molecule has 0 spiro atoms. The molecule has 0 N–H and O–H groups in total. The second-order valence-electron chi connectivity index (χ2n) is 8.73. The molecule has 146 valence electrons. The Hall–Kier alpha value is -0.996. The predicted molar refractivity (Wildman–Crippen MR) is 110 cm³/mol. The number of carbonyl (C=O) groups is 1. The Morgan fingerprint density at radius 2 is 1.58 bits per heavy atom. The molecule has 0 bridgehead atoms. The van der Waals surface area contributed by atoms with Gasteiger partial charge < -0.3 is 13.3 Å². The lowest BCUT2D eigenvalue weighted by Gasteiger charge is -2.39. The summed E-state index contributed by atoms with van der Waals surface area (Å²) in [4.78, 5) is 15.2. The molecule has 1 fully saturated rings. The first-order valence-corrected chi connectivity index (χ1v) is 15.5. The van der Waals surface area contributed by atoms with Crippen molar-refractivity contribution in [2.24, 2.45) is 0 Å². The maximum absolute atomic E-state index is 13.0. The number of rotatable bonds is 7. The van der Waals surface area contributed by atoms with Crippen LogP contribution in [-0.4, -0.2) is 59.4 Å². The van der Waals surface area contributed by atoms with E-state index in [1.807, 2.05) is 38.1 Å². The quantitative estimate of drug-likeness (QED) is 0.517. The highest BCUT2D eigenvalue weighted by molar-refractivity contribution is 6.81. The number of morpholine rings is 1. The Kier molecular flexibility index (Phi) is 6.50. The summed E-state index contributed by atoms with van der Waals surface area (Å²) < 4.78 is 17.7. The van der Waals surface area contributed by atoms with E-state index in [1.165, 1.54) is 0 Å². The Morgan fingerprint density at radius 1 is 1.04 bits per heavy atom. The maximum atomic E-state index is 13.0. The van der Waals surface area contributed by atoms with Crippen molar-refractivity contribution in [1.82, 2.24) is 4.90 Å². The van der Waals surface area contributed by atoms with Gasteiger partial charge >= 0.3 is 8.56 Å². The molecule has 0 amide bonds. The molecule has 1 heterocycles. The van der Waals surface area contributed by atoms with Crippen LogP contribution >= 0.6 is 0 Å². The number of hydrogen-bond donors (Lipinski definition) is 0. The highest BCUT2D eigenvalue weighted by Crippen LogP contribution is 2.25. The highest BCUT2D eigenvalue weighted by Gasteiger charge is 2.36. The van der Waals surface area contributed by atoms with Gasteiger partial charge in [0.2, 0.25) is 0 Å².